The number of benzene rings is 2. The van der Waals surface area contributed by atoms with E-state index in [2.05, 4.69) is 20.7 Å². The monoisotopic (exact) mass is 529 g/mol. The Morgan fingerprint density at radius 2 is 1.78 bits per heavy atom. The summed E-state index contributed by atoms with van der Waals surface area (Å²) >= 11 is 1.56. The van der Waals surface area contributed by atoms with E-state index >= 15 is 0 Å². The van der Waals surface area contributed by atoms with E-state index < -0.39 is 23.9 Å². The molecule has 11 heteroatoms. The number of nitrogens with two attached hydrogens (primary N) is 1. The van der Waals surface area contributed by atoms with E-state index in [9.17, 15) is 23.1 Å². The van der Waals surface area contributed by atoms with Crippen molar-refractivity contribution in [1.29, 1.82) is 0 Å². The molecule has 2 aliphatic heterocycles. The number of β-amino-alcohol motifs (C(OH)–C–C–N with tert-alkyl or cyclic N) is 1. The summed E-state index contributed by atoms with van der Waals surface area (Å²) in [6, 6.07) is 15.9. The number of nitrogens with one attached hydrogen (secondary N) is 1. The van der Waals surface area contributed by atoms with Crippen LogP contribution < -0.4 is 11.1 Å². The number of aromatic nitrogens is 1. The van der Waals surface area contributed by atoms with Gasteiger partial charge in [0.25, 0.3) is 0 Å². The molecule has 4 N–H and O–H groups in total. The number of nitrogens with zero attached hydrogens (tertiary/aromatic N) is 3. The van der Waals surface area contributed by atoms with Gasteiger partial charge >= 0.3 is 12.2 Å². The van der Waals surface area contributed by atoms with Gasteiger partial charge in [-0.3, -0.25) is 0 Å². The molecule has 5 rings (SSSR count). The Hall–Kier alpha value is -3.28. The number of hydrogen-bond acceptors (Lipinski definition) is 6. The standard InChI is InChI=1S/C26H26F3N5O2S/c27-26(28,29)20-5-8-24(31-12-20)32-22-9-10-34(15-23(22)35)37-21-6-3-16(4-7-21)17-1-2-18-13-33(25(30)36)14-19(18)11-17/h1-8,11-12,22-23,35H,9-10,13-15H2,(H2,30,36)(H,31,32)/t22-,23+/m1/s1. The molecule has 3 heterocycles. The minimum absolute atomic E-state index is 0.297. The van der Waals surface area contributed by atoms with E-state index in [0.717, 1.165) is 39.4 Å². The van der Waals surface area contributed by atoms with Crippen molar-refractivity contribution in [2.45, 2.75) is 42.7 Å². The first-order valence-electron chi connectivity index (χ1n) is 11.8. The van der Waals surface area contributed by atoms with E-state index in [4.69, 9.17) is 5.73 Å². The largest absolute Gasteiger partial charge is 0.417 e. The van der Waals surface area contributed by atoms with Crippen LogP contribution in [0.25, 0.3) is 11.1 Å². The number of carbonyl (C=O) groups is 1. The number of rotatable bonds is 5. The maximum absolute atomic E-state index is 12.7. The molecule has 0 aliphatic carbocycles. The lowest BCUT2D eigenvalue weighted by Gasteiger charge is -2.35. The quantitative estimate of drug-likeness (QED) is 0.415. The van der Waals surface area contributed by atoms with Crippen LogP contribution in [0.15, 0.2) is 65.7 Å². The topological polar surface area (TPSA) is 94.7 Å². The van der Waals surface area contributed by atoms with Gasteiger partial charge in [0.05, 0.1) is 17.7 Å². The minimum atomic E-state index is -4.43. The number of piperidine rings is 1. The normalized spacial score (nSPS) is 20.1. The number of fused-ring (bicyclic) bond motifs is 1. The zero-order chi connectivity index (χ0) is 26.2. The average Bonchev–Trinajstić information content (AvgIpc) is 3.30. The molecule has 0 radical (unpaired) electrons. The maximum Gasteiger partial charge on any atom is 0.417 e. The van der Waals surface area contributed by atoms with Crippen LogP contribution in [0, 0.1) is 0 Å². The van der Waals surface area contributed by atoms with E-state index in [1.165, 1.54) is 6.07 Å². The smallest absolute Gasteiger partial charge is 0.390 e. The van der Waals surface area contributed by atoms with Crippen molar-refractivity contribution in [3.63, 3.8) is 0 Å². The third-order valence-corrected chi connectivity index (χ3v) is 7.70. The molecule has 7 nitrogen and oxygen atoms in total. The lowest BCUT2D eigenvalue weighted by Crippen LogP contribution is -2.47. The third kappa shape index (κ3) is 5.84. The van der Waals surface area contributed by atoms with Gasteiger partial charge in [-0.1, -0.05) is 24.3 Å². The summed E-state index contributed by atoms with van der Waals surface area (Å²) in [4.78, 5) is 18.0. The number of urea groups is 1. The molecule has 2 aromatic carbocycles. The molecule has 0 saturated carbocycles. The summed E-state index contributed by atoms with van der Waals surface area (Å²) < 4.78 is 40.3. The summed E-state index contributed by atoms with van der Waals surface area (Å²) in [5, 5.41) is 13.7. The first-order chi connectivity index (χ1) is 17.7. The van der Waals surface area contributed by atoms with E-state index in [1.807, 2.05) is 36.4 Å². The maximum atomic E-state index is 12.7. The fourth-order valence-corrected chi connectivity index (χ4v) is 5.56. The lowest BCUT2D eigenvalue weighted by molar-refractivity contribution is -0.137. The van der Waals surface area contributed by atoms with Gasteiger partial charge in [-0.15, -0.1) is 0 Å². The van der Waals surface area contributed by atoms with Crippen molar-refractivity contribution in [3.05, 3.63) is 77.5 Å². The van der Waals surface area contributed by atoms with Crippen molar-refractivity contribution in [2.24, 2.45) is 5.73 Å². The summed E-state index contributed by atoms with van der Waals surface area (Å²) in [6.45, 7) is 2.17. The molecular weight excluding hydrogens is 503 g/mol. The fourth-order valence-electron chi connectivity index (χ4n) is 4.58. The summed E-state index contributed by atoms with van der Waals surface area (Å²) in [5.74, 6) is 0.308. The molecule has 2 atom stereocenters. The van der Waals surface area contributed by atoms with Crippen molar-refractivity contribution in [3.8, 4) is 11.1 Å². The van der Waals surface area contributed by atoms with Crippen molar-refractivity contribution in [1.82, 2.24) is 14.2 Å². The van der Waals surface area contributed by atoms with Crippen LogP contribution in [0.1, 0.15) is 23.1 Å². The molecule has 1 saturated heterocycles. The highest BCUT2D eigenvalue weighted by Crippen LogP contribution is 2.32. The second-order valence-electron chi connectivity index (χ2n) is 9.22. The minimum Gasteiger partial charge on any atom is -0.390 e. The highest BCUT2D eigenvalue weighted by Gasteiger charge is 2.32. The number of halogens is 3. The Bertz CT molecular complexity index is 1270. The molecule has 0 bridgehead atoms. The number of pyridine rings is 1. The molecule has 2 aliphatic rings. The van der Waals surface area contributed by atoms with Gasteiger partial charge in [-0.25, -0.2) is 14.1 Å². The Morgan fingerprint density at radius 1 is 1.05 bits per heavy atom. The van der Waals surface area contributed by atoms with E-state index in [1.54, 1.807) is 16.8 Å². The molecule has 0 unspecified atom stereocenters. The van der Waals surface area contributed by atoms with E-state index in [-0.39, 0.29) is 6.04 Å². The first kappa shape index (κ1) is 25.4. The van der Waals surface area contributed by atoms with Gasteiger partial charge in [0.2, 0.25) is 0 Å². The summed E-state index contributed by atoms with van der Waals surface area (Å²) in [6.07, 6.45) is -3.72. The predicted octanol–water partition coefficient (Wildman–Crippen LogP) is 4.72. The average molecular weight is 530 g/mol. The second kappa shape index (κ2) is 10.2. The van der Waals surface area contributed by atoms with Crippen LogP contribution in [0.5, 0.6) is 0 Å². The number of carbonyl (C=O) groups excluding carboxylic acids is 1. The third-order valence-electron chi connectivity index (χ3n) is 6.63. The highest BCUT2D eigenvalue weighted by molar-refractivity contribution is 7.97. The van der Waals surface area contributed by atoms with Crippen molar-refractivity contribution in [2.75, 3.05) is 18.4 Å². The Kier molecular flexibility index (Phi) is 7.02. The Labute approximate surface area is 216 Å². The second-order valence-corrected chi connectivity index (χ2v) is 10.4. The van der Waals surface area contributed by atoms with Crippen LogP contribution in [-0.4, -0.2) is 50.6 Å². The fraction of sp³-hybridized carbons (Fsp3) is 0.308. The number of aliphatic hydroxyl groups is 1. The molecule has 1 aromatic heterocycles. The highest BCUT2D eigenvalue weighted by atomic mass is 32.2. The number of anilines is 1. The molecule has 194 valence electrons. The van der Waals surface area contributed by atoms with Crippen LogP contribution in [0.4, 0.5) is 23.8 Å². The number of amides is 2. The van der Waals surface area contributed by atoms with Crippen molar-refractivity contribution >= 4 is 23.8 Å². The lowest BCUT2D eigenvalue weighted by atomic mass is 10.0. The number of primary amides is 1. The van der Waals surface area contributed by atoms with Gasteiger partial charge in [-0.05, 0) is 71.0 Å². The summed E-state index contributed by atoms with van der Waals surface area (Å²) in [7, 11) is 0. The SMILES string of the molecule is NC(=O)N1Cc2ccc(-c3ccc(SN4CC[C@@H](Nc5ccc(C(F)(F)F)cn5)[C@@H](O)C4)cc3)cc2C1. The molecule has 37 heavy (non-hydrogen) atoms. The first-order valence-corrected chi connectivity index (χ1v) is 12.6. The van der Waals surface area contributed by atoms with Crippen molar-refractivity contribution < 1.29 is 23.1 Å². The van der Waals surface area contributed by atoms with Crippen LogP contribution in [0.2, 0.25) is 0 Å². The summed E-state index contributed by atoms with van der Waals surface area (Å²) in [5.41, 5.74) is 8.96. The van der Waals surface area contributed by atoms with Gasteiger partial charge in [-0.2, -0.15) is 13.2 Å². The number of hydrogen-bond donors (Lipinski definition) is 3. The Morgan fingerprint density at radius 3 is 2.43 bits per heavy atom. The Balaban J connectivity index is 1.15. The van der Waals surface area contributed by atoms with Gasteiger partial charge in [0.15, 0.2) is 0 Å². The molecule has 0 spiro atoms. The molecule has 2 amide bonds. The van der Waals surface area contributed by atoms with Gasteiger partial charge in [0, 0.05) is 37.3 Å². The zero-order valence-corrected chi connectivity index (χ0v) is 20.6. The zero-order valence-electron chi connectivity index (χ0n) is 19.8. The number of aliphatic hydroxyl groups excluding tert-OH is 1. The molecule has 3 aromatic rings. The molecular formula is C26H26F3N5O2S. The van der Waals surface area contributed by atoms with Crippen LogP contribution in [-0.2, 0) is 19.3 Å². The van der Waals surface area contributed by atoms with Gasteiger partial charge < -0.3 is 21.1 Å². The predicted molar refractivity (Wildman–Crippen MR) is 135 cm³/mol. The number of alkyl halides is 3. The molecule has 1 fully saturated rings. The van der Waals surface area contributed by atoms with E-state index in [0.29, 0.717) is 38.4 Å². The van der Waals surface area contributed by atoms with Crippen LogP contribution >= 0.6 is 11.9 Å². The van der Waals surface area contributed by atoms with Crippen LogP contribution in [0.3, 0.4) is 0 Å². The van der Waals surface area contributed by atoms with Gasteiger partial charge in [0.1, 0.15) is 5.82 Å².